The SMILES string of the molecule is COC(=O)[C@H]1CNCc2cc(O)ccc2N1. The van der Waals surface area contributed by atoms with E-state index in [4.69, 9.17) is 4.74 Å². The highest BCUT2D eigenvalue weighted by atomic mass is 16.5. The normalized spacial score (nSPS) is 19.2. The second kappa shape index (κ2) is 4.40. The van der Waals surface area contributed by atoms with E-state index in [2.05, 4.69) is 10.6 Å². The summed E-state index contributed by atoms with van der Waals surface area (Å²) in [6.07, 6.45) is 0. The Bertz CT molecular complexity index is 406. The van der Waals surface area contributed by atoms with E-state index >= 15 is 0 Å². The molecule has 0 saturated heterocycles. The fourth-order valence-corrected chi connectivity index (χ4v) is 1.74. The molecule has 1 aromatic carbocycles. The van der Waals surface area contributed by atoms with Crippen molar-refractivity contribution in [3.8, 4) is 5.75 Å². The van der Waals surface area contributed by atoms with Crippen molar-refractivity contribution in [3.63, 3.8) is 0 Å². The second-order valence-corrected chi connectivity index (χ2v) is 3.69. The lowest BCUT2D eigenvalue weighted by Crippen LogP contribution is -2.37. The minimum atomic E-state index is -0.393. The van der Waals surface area contributed by atoms with E-state index in [1.54, 1.807) is 18.2 Å². The van der Waals surface area contributed by atoms with Gasteiger partial charge in [0.15, 0.2) is 0 Å². The molecule has 0 aromatic heterocycles. The van der Waals surface area contributed by atoms with E-state index in [1.807, 2.05) is 0 Å². The highest BCUT2D eigenvalue weighted by Gasteiger charge is 2.22. The number of hydrogen-bond acceptors (Lipinski definition) is 5. The van der Waals surface area contributed by atoms with Crippen LogP contribution < -0.4 is 10.6 Å². The van der Waals surface area contributed by atoms with Gasteiger partial charge in [-0.25, -0.2) is 4.79 Å². The number of anilines is 1. The number of fused-ring (bicyclic) bond motifs is 1. The quantitative estimate of drug-likeness (QED) is 0.475. The van der Waals surface area contributed by atoms with Crippen molar-refractivity contribution in [2.24, 2.45) is 0 Å². The first-order valence-electron chi connectivity index (χ1n) is 5.07. The van der Waals surface area contributed by atoms with E-state index in [0.717, 1.165) is 11.3 Å². The first-order chi connectivity index (χ1) is 7.70. The van der Waals surface area contributed by atoms with Crippen LogP contribution in [0.1, 0.15) is 5.56 Å². The van der Waals surface area contributed by atoms with Gasteiger partial charge in [0.1, 0.15) is 11.8 Å². The van der Waals surface area contributed by atoms with Crippen LogP contribution >= 0.6 is 0 Å². The maximum absolute atomic E-state index is 11.4. The Morgan fingerprint density at radius 1 is 1.56 bits per heavy atom. The molecule has 5 nitrogen and oxygen atoms in total. The van der Waals surface area contributed by atoms with Crippen molar-refractivity contribution in [1.82, 2.24) is 5.32 Å². The van der Waals surface area contributed by atoms with Crippen LogP contribution in [0.3, 0.4) is 0 Å². The summed E-state index contributed by atoms with van der Waals surface area (Å²) in [5.74, 6) is -0.0766. The summed E-state index contributed by atoms with van der Waals surface area (Å²) in [4.78, 5) is 11.4. The van der Waals surface area contributed by atoms with Crippen LogP contribution in [0, 0.1) is 0 Å². The van der Waals surface area contributed by atoms with Crippen molar-refractivity contribution in [3.05, 3.63) is 23.8 Å². The number of rotatable bonds is 1. The third-order valence-corrected chi connectivity index (χ3v) is 2.57. The summed E-state index contributed by atoms with van der Waals surface area (Å²) in [5, 5.41) is 15.6. The molecular formula is C11H14N2O3. The number of ether oxygens (including phenoxy) is 1. The Labute approximate surface area is 93.4 Å². The molecule has 0 aliphatic carbocycles. The molecule has 0 radical (unpaired) electrons. The number of methoxy groups -OCH3 is 1. The van der Waals surface area contributed by atoms with E-state index < -0.39 is 6.04 Å². The Kier molecular flexibility index (Phi) is 2.96. The van der Waals surface area contributed by atoms with Gasteiger partial charge in [0.2, 0.25) is 0 Å². The van der Waals surface area contributed by atoms with Gasteiger partial charge in [0, 0.05) is 18.8 Å². The molecule has 5 heteroatoms. The monoisotopic (exact) mass is 222 g/mol. The molecule has 1 heterocycles. The summed E-state index contributed by atoms with van der Waals surface area (Å²) in [7, 11) is 1.37. The molecule has 1 atom stereocenters. The van der Waals surface area contributed by atoms with E-state index in [0.29, 0.717) is 13.1 Å². The third-order valence-electron chi connectivity index (χ3n) is 2.57. The molecule has 0 unspecified atom stereocenters. The minimum Gasteiger partial charge on any atom is -0.508 e. The van der Waals surface area contributed by atoms with Crippen molar-refractivity contribution < 1.29 is 14.6 Å². The molecular weight excluding hydrogens is 208 g/mol. The van der Waals surface area contributed by atoms with Gasteiger partial charge in [0.05, 0.1) is 7.11 Å². The summed E-state index contributed by atoms with van der Waals surface area (Å²) < 4.78 is 4.69. The van der Waals surface area contributed by atoms with Crippen molar-refractivity contribution >= 4 is 11.7 Å². The molecule has 0 spiro atoms. The predicted molar refractivity (Wildman–Crippen MR) is 59.2 cm³/mol. The van der Waals surface area contributed by atoms with Crippen LogP contribution in [-0.2, 0) is 16.1 Å². The van der Waals surface area contributed by atoms with Crippen LogP contribution in [0.5, 0.6) is 5.75 Å². The van der Waals surface area contributed by atoms with Gasteiger partial charge in [-0.3, -0.25) is 0 Å². The summed E-state index contributed by atoms with van der Waals surface area (Å²) in [6.45, 7) is 1.12. The number of esters is 1. The number of benzene rings is 1. The van der Waals surface area contributed by atoms with E-state index in [9.17, 15) is 9.90 Å². The zero-order valence-electron chi connectivity index (χ0n) is 8.99. The molecule has 0 saturated carbocycles. The largest absolute Gasteiger partial charge is 0.508 e. The van der Waals surface area contributed by atoms with Gasteiger partial charge in [-0.2, -0.15) is 0 Å². The fraction of sp³-hybridized carbons (Fsp3) is 0.364. The van der Waals surface area contributed by atoms with Gasteiger partial charge in [-0.15, -0.1) is 0 Å². The average Bonchev–Trinajstić information content (AvgIpc) is 2.49. The van der Waals surface area contributed by atoms with Gasteiger partial charge >= 0.3 is 5.97 Å². The van der Waals surface area contributed by atoms with Gasteiger partial charge in [0.25, 0.3) is 0 Å². The van der Waals surface area contributed by atoms with E-state index in [1.165, 1.54) is 7.11 Å². The summed E-state index contributed by atoms with van der Waals surface area (Å²) in [6, 6.07) is 4.63. The maximum atomic E-state index is 11.4. The van der Waals surface area contributed by atoms with Crippen LogP contribution in [0.15, 0.2) is 18.2 Å². The molecule has 16 heavy (non-hydrogen) atoms. The van der Waals surface area contributed by atoms with Crippen molar-refractivity contribution in [1.29, 1.82) is 0 Å². The molecule has 1 aliphatic rings. The number of phenols is 1. The Hall–Kier alpha value is -1.75. The van der Waals surface area contributed by atoms with Gasteiger partial charge in [-0.05, 0) is 23.8 Å². The number of carbonyl (C=O) groups excluding carboxylic acids is 1. The molecule has 0 amide bonds. The van der Waals surface area contributed by atoms with Crippen molar-refractivity contribution in [2.45, 2.75) is 12.6 Å². The number of carbonyl (C=O) groups is 1. The predicted octanol–water partition coefficient (Wildman–Crippen LogP) is 0.449. The maximum Gasteiger partial charge on any atom is 0.329 e. The lowest BCUT2D eigenvalue weighted by molar-refractivity contribution is -0.141. The number of aromatic hydroxyl groups is 1. The van der Waals surface area contributed by atoms with Gasteiger partial charge in [-0.1, -0.05) is 0 Å². The van der Waals surface area contributed by atoms with Crippen LogP contribution in [0.2, 0.25) is 0 Å². The zero-order valence-corrected chi connectivity index (χ0v) is 8.99. The lowest BCUT2D eigenvalue weighted by Gasteiger charge is -2.15. The molecule has 1 aliphatic heterocycles. The highest BCUT2D eigenvalue weighted by Crippen LogP contribution is 2.23. The topological polar surface area (TPSA) is 70.6 Å². The second-order valence-electron chi connectivity index (χ2n) is 3.69. The molecule has 86 valence electrons. The summed E-state index contributed by atoms with van der Waals surface area (Å²) in [5.41, 5.74) is 1.78. The molecule has 0 fully saturated rings. The van der Waals surface area contributed by atoms with Gasteiger partial charge < -0.3 is 20.5 Å². The van der Waals surface area contributed by atoms with Crippen LogP contribution in [-0.4, -0.2) is 30.8 Å². The Morgan fingerprint density at radius 3 is 3.12 bits per heavy atom. The standard InChI is InChI=1S/C11H14N2O3/c1-16-11(15)10-6-12-5-7-4-8(14)2-3-9(7)13-10/h2-4,10,12-14H,5-6H2,1H3/t10-/m1/s1. The van der Waals surface area contributed by atoms with Crippen LogP contribution in [0.4, 0.5) is 5.69 Å². The smallest absolute Gasteiger partial charge is 0.329 e. The average molecular weight is 222 g/mol. The molecule has 3 N–H and O–H groups in total. The summed E-state index contributed by atoms with van der Waals surface area (Å²) >= 11 is 0. The molecule has 1 aromatic rings. The molecule has 2 rings (SSSR count). The Balaban J connectivity index is 2.24. The van der Waals surface area contributed by atoms with Crippen LogP contribution in [0.25, 0.3) is 0 Å². The molecule has 0 bridgehead atoms. The first kappa shape index (κ1) is 10.8. The lowest BCUT2D eigenvalue weighted by atomic mass is 10.1. The first-order valence-corrected chi connectivity index (χ1v) is 5.07. The van der Waals surface area contributed by atoms with E-state index in [-0.39, 0.29) is 11.7 Å². The zero-order chi connectivity index (χ0) is 11.5. The third kappa shape index (κ3) is 2.09. The number of hydrogen-bond donors (Lipinski definition) is 3. The van der Waals surface area contributed by atoms with Crippen molar-refractivity contribution in [2.75, 3.05) is 19.0 Å². The minimum absolute atomic E-state index is 0.221. The number of phenolic OH excluding ortho intramolecular Hbond substituents is 1. The highest BCUT2D eigenvalue weighted by molar-refractivity contribution is 5.80. The fourth-order valence-electron chi connectivity index (χ4n) is 1.74. The number of nitrogens with one attached hydrogen (secondary N) is 2. The Morgan fingerprint density at radius 2 is 2.38 bits per heavy atom.